The minimum atomic E-state index is -0.852. The zero-order valence-electron chi connectivity index (χ0n) is 14.8. The van der Waals surface area contributed by atoms with Gasteiger partial charge in [-0.15, -0.1) is 15.0 Å². The van der Waals surface area contributed by atoms with Crippen molar-refractivity contribution in [3.8, 4) is 11.4 Å². The number of carboxylic acids is 1. The van der Waals surface area contributed by atoms with E-state index in [1.807, 2.05) is 45.0 Å². The second-order valence-electron chi connectivity index (χ2n) is 7.28. The summed E-state index contributed by atoms with van der Waals surface area (Å²) in [6.07, 6.45) is 0.408. The van der Waals surface area contributed by atoms with Crippen LogP contribution in [-0.2, 0) is 16.6 Å². The highest BCUT2D eigenvalue weighted by Gasteiger charge is 2.23. The topological polar surface area (TPSA) is 88.2 Å². The number of aromatic nitrogens is 3. The number of nitrogens with zero attached hydrogens (tertiary/aromatic N) is 3. The van der Waals surface area contributed by atoms with Gasteiger partial charge in [0.15, 0.2) is 0 Å². The lowest BCUT2D eigenvalue weighted by Crippen LogP contribution is -2.14. The van der Waals surface area contributed by atoms with Gasteiger partial charge in [-0.3, -0.25) is 4.79 Å². The molecule has 2 aromatic carbocycles. The number of aromatic hydroxyl groups is 1. The molecule has 0 aliphatic heterocycles. The number of phenols is 1. The average Bonchev–Trinajstić information content (AvgIpc) is 2.95. The number of fused-ring (bicyclic) bond motifs is 1. The van der Waals surface area contributed by atoms with Gasteiger partial charge in [-0.05, 0) is 64.3 Å². The van der Waals surface area contributed by atoms with Crippen molar-refractivity contribution in [3.63, 3.8) is 0 Å². The summed E-state index contributed by atoms with van der Waals surface area (Å²) in [6, 6.07) is 9.39. The number of carboxylic acid groups (broad SMARTS) is 1. The number of hydrogen-bond donors (Lipinski definition) is 2. The molecule has 0 saturated heterocycles. The van der Waals surface area contributed by atoms with Gasteiger partial charge in [0.25, 0.3) is 0 Å². The monoisotopic (exact) mass is 465 g/mol. The Balaban J connectivity index is 2.16. The molecule has 0 aliphatic carbocycles. The Bertz CT molecular complexity index is 990. The fourth-order valence-corrected chi connectivity index (χ4v) is 3.27. The van der Waals surface area contributed by atoms with Crippen molar-refractivity contribution in [3.05, 3.63) is 45.0 Å². The fraction of sp³-hybridized carbons (Fsp3) is 0.316. The number of rotatable bonds is 4. The van der Waals surface area contributed by atoms with Crippen molar-refractivity contribution in [2.24, 2.45) is 0 Å². The first-order valence-corrected chi connectivity index (χ1v) is 9.34. The highest BCUT2D eigenvalue weighted by Crippen LogP contribution is 2.36. The molecular formula is C19H20IN3O3. The Labute approximate surface area is 165 Å². The number of aryl methyl sites for hydroxylation is 1. The summed E-state index contributed by atoms with van der Waals surface area (Å²) >= 11 is 2.21. The van der Waals surface area contributed by atoms with Gasteiger partial charge in [0.05, 0.1) is 0 Å². The molecule has 0 unspecified atom stereocenters. The van der Waals surface area contributed by atoms with E-state index in [0.717, 1.165) is 25.7 Å². The summed E-state index contributed by atoms with van der Waals surface area (Å²) in [7, 11) is 0. The number of halogens is 1. The molecule has 26 heavy (non-hydrogen) atoms. The van der Waals surface area contributed by atoms with Crippen LogP contribution < -0.4 is 0 Å². The predicted octanol–water partition coefficient (Wildman–Crippen LogP) is 4.05. The lowest BCUT2D eigenvalue weighted by Gasteiger charge is -2.23. The molecule has 0 saturated carbocycles. The van der Waals surface area contributed by atoms with Crippen molar-refractivity contribution in [2.75, 3.05) is 0 Å². The highest BCUT2D eigenvalue weighted by molar-refractivity contribution is 14.1. The molecule has 3 aromatic rings. The molecule has 3 rings (SSSR count). The van der Waals surface area contributed by atoms with Crippen molar-refractivity contribution < 1.29 is 15.0 Å². The third-order valence-electron chi connectivity index (χ3n) is 4.14. The summed E-state index contributed by atoms with van der Waals surface area (Å²) in [5, 5.41) is 28.8. The lowest BCUT2D eigenvalue weighted by atomic mass is 9.84. The molecule has 6 nitrogen and oxygen atoms in total. The molecular weight excluding hydrogens is 445 g/mol. The van der Waals surface area contributed by atoms with E-state index in [2.05, 4.69) is 32.8 Å². The van der Waals surface area contributed by atoms with Crippen LogP contribution in [0.4, 0.5) is 0 Å². The van der Waals surface area contributed by atoms with Crippen LogP contribution >= 0.6 is 22.6 Å². The van der Waals surface area contributed by atoms with Gasteiger partial charge in [-0.1, -0.05) is 26.8 Å². The van der Waals surface area contributed by atoms with Gasteiger partial charge < -0.3 is 10.2 Å². The SMILES string of the molecule is CC(C)(C)c1cc(CCC(=O)O)cc(-n2nc3ccc(I)cc3n2)c1O. The van der Waals surface area contributed by atoms with E-state index in [9.17, 15) is 9.90 Å². The van der Waals surface area contributed by atoms with Crippen LogP contribution in [0.3, 0.4) is 0 Å². The molecule has 2 N–H and O–H groups in total. The van der Waals surface area contributed by atoms with Crippen molar-refractivity contribution in [1.82, 2.24) is 15.0 Å². The van der Waals surface area contributed by atoms with E-state index < -0.39 is 5.97 Å². The van der Waals surface area contributed by atoms with E-state index in [1.165, 1.54) is 4.80 Å². The van der Waals surface area contributed by atoms with E-state index in [4.69, 9.17) is 5.11 Å². The van der Waals surface area contributed by atoms with Gasteiger partial charge in [0, 0.05) is 15.6 Å². The molecule has 1 aromatic heterocycles. The van der Waals surface area contributed by atoms with Crippen LogP contribution in [0.15, 0.2) is 30.3 Å². The number of carbonyl (C=O) groups is 1. The maximum absolute atomic E-state index is 10.9. The summed E-state index contributed by atoms with van der Waals surface area (Å²) in [4.78, 5) is 12.4. The zero-order chi connectivity index (χ0) is 19.1. The number of phenolic OH excluding ortho intramolecular Hbond substituents is 1. The Morgan fingerprint density at radius 2 is 1.85 bits per heavy atom. The smallest absolute Gasteiger partial charge is 0.303 e. The third kappa shape index (κ3) is 3.82. The first-order valence-electron chi connectivity index (χ1n) is 8.26. The van der Waals surface area contributed by atoms with Gasteiger partial charge >= 0.3 is 5.97 Å². The maximum atomic E-state index is 10.9. The van der Waals surface area contributed by atoms with Crippen LogP contribution in [0.1, 0.15) is 38.3 Å². The molecule has 0 fully saturated rings. The van der Waals surface area contributed by atoms with Crippen LogP contribution in [0, 0.1) is 3.57 Å². The lowest BCUT2D eigenvalue weighted by molar-refractivity contribution is -0.136. The van der Waals surface area contributed by atoms with Gasteiger partial charge in [-0.2, -0.15) is 0 Å². The minimum absolute atomic E-state index is 0.0283. The molecule has 1 heterocycles. The van der Waals surface area contributed by atoms with E-state index in [0.29, 0.717) is 12.1 Å². The largest absolute Gasteiger partial charge is 0.505 e. The van der Waals surface area contributed by atoms with Gasteiger partial charge in [0.1, 0.15) is 22.5 Å². The van der Waals surface area contributed by atoms with Crippen molar-refractivity contribution in [2.45, 2.75) is 39.0 Å². The molecule has 0 radical (unpaired) electrons. The van der Waals surface area contributed by atoms with Crippen molar-refractivity contribution in [1.29, 1.82) is 0 Å². The van der Waals surface area contributed by atoms with Crippen LogP contribution in [0.5, 0.6) is 5.75 Å². The normalized spacial score (nSPS) is 11.8. The quantitative estimate of drug-likeness (QED) is 0.568. The Morgan fingerprint density at radius 1 is 1.15 bits per heavy atom. The summed E-state index contributed by atoms with van der Waals surface area (Å²) in [6.45, 7) is 6.01. The van der Waals surface area contributed by atoms with Gasteiger partial charge in [0.2, 0.25) is 0 Å². The number of benzene rings is 2. The molecule has 0 amide bonds. The molecule has 0 aliphatic rings. The van der Waals surface area contributed by atoms with Crippen LogP contribution in [0.25, 0.3) is 16.7 Å². The molecule has 0 spiro atoms. The third-order valence-corrected chi connectivity index (χ3v) is 4.81. The maximum Gasteiger partial charge on any atom is 0.303 e. The summed E-state index contributed by atoms with van der Waals surface area (Å²) in [5.41, 5.74) is 3.21. The summed E-state index contributed by atoms with van der Waals surface area (Å²) in [5.74, 6) is -0.735. The van der Waals surface area contributed by atoms with Crippen LogP contribution in [-0.4, -0.2) is 31.2 Å². The van der Waals surface area contributed by atoms with E-state index >= 15 is 0 Å². The second kappa shape index (κ2) is 6.86. The van der Waals surface area contributed by atoms with Crippen LogP contribution in [0.2, 0.25) is 0 Å². The fourth-order valence-electron chi connectivity index (χ4n) is 2.79. The van der Waals surface area contributed by atoms with E-state index in [-0.39, 0.29) is 17.6 Å². The number of aliphatic carboxylic acids is 1. The first kappa shape index (κ1) is 18.6. The Hall–Kier alpha value is -2.16. The summed E-state index contributed by atoms with van der Waals surface area (Å²) < 4.78 is 1.05. The standard InChI is InChI=1S/C19H20IN3O3/c1-19(2,3)13-8-11(4-7-17(24)25)9-16(18(13)26)23-21-14-6-5-12(20)10-15(14)22-23/h5-6,8-10,26H,4,7H2,1-3H3,(H,24,25). The molecule has 7 heteroatoms. The Morgan fingerprint density at radius 3 is 2.50 bits per heavy atom. The Kier molecular flexibility index (Phi) is 4.92. The van der Waals surface area contributed by atoms with Gasteiger partial charge in [-0.25, -0.2) is 0 Å². The number of hydrogen-bond acceptors (Lipinski definition) is 4. The molecule has 0 atom stereocenters. The molecule has 0 bridgehead atoms. The highest BCUT2D eigenvalue weighted by atomic mass is 127. The predicted molar refractivity (Wildman–Crippen MR) is 108 cm³/mol. The zero-order valence-corrected chi connectivity index (χ0v) is 17.0. The molecule has 136 valence electrons. The first-order chi connectivity index (χ1) is 12.1. The van der Waals surface area contributed by atoms with E-state index in [1.54, 1.807) is 6.07 Å². The second-order valence-corrected chi connectivity index (χ2v) is 8.52. The minimum Gasteiger partial charge on any atom is -0.505 e. The van der Waals surface area contributed by atoms with Crippen molar-refractivity contribution >= 4 is 39.6 Å². The average molecular weight is 465 g/mol.